The second-order valence-corrected chi connectivity index (χ2v) is 6.14. The van der Waals surface area contributed by atoms with Gasteiger partial charge in [-0.1, -0.05) is 13.3 Å². The van der Waals surface area contributed by atoms with Crippen LogP contribution < -0.4 is 0 Å². The maximum atomic E-state index is 12.1. The van der Waals surface area contributed by atoms with E-state index in [1.165, 1.54) is 12.1 Å². The second kappa shape index (κ2) is 6.36. The van der Waals surface area contributed by atoms with Crippen LogP contribution in [0.25, 0.3) is 0 Å². The quantitative estimate of drug-likeness (QED) is 0.629. The second-order valence-electron chi connectivity index (χ2n) is 4.89. The standard InChI is InChI=1S/C14H17IO4/c1-4-7-14(2,3)19-13(18)10-6-5-9(15)8-11(10)12(16)17/h5-6,8H,4,7H2,1-3H3,(H,16,17). The first-order valence-electron chi connectivity index (χ1n) is 6.03. The molecule has 1 rings (SSSR count). The summed E-state index contributed by atoms with van der Waals surface area (Å²) in [4.78, 5) is 23.2. The molecule has 5 heteroatoms. The average Bonchev–Trinajstić information content (AvgIpc) is 2.27. The van der Waals surface area contributed by atoms with Crippen molar-refractivity contribution in [2.45, 2.75) is 39.2 Å². The molecule has 1 aromatic rings. The molecule has 19 heavy (non-hydrogen) atoms. The molecule has 104 valence electrons. The van der Waals surface area contributed by atoms with Crippen LogP contribution in [0.3, 0.4) is 0 Å². The van der Waals surface area contributed by atoms with Crippen molar-refractivity contribution in [1.82, 2.24) is 0 Å². The zero-order valence-corrected chi connectivity index (χ0v) is 13.4. The van der Waals surface area contributed by atoms with Gasteiger partial charge in [0.05, 0.1) is 11.1 Å². The first-order chi connectivity index (χ1) is 8.76. The third kappa shape index (κ3) is 4.49. The van der Waals surface area contributed by atoms with Gasteiger partial charge in [0.15, 0.2) is 0 Å². The van der Waals surface area contributed by atoms with Crippen LogP contribution in [0.15, 0.2) is 18.2 Å². The Hall–Kier alpha value is -1.11. The van der Waals surface area contributed by atoms with E-state index >= 15 is 0 Å². The average molecular weight is 376 g/mol. The maximum absolute atomic E-state index is 12.1. The molecule has 0 saturated heterocycles. The molecule has 0 aromatic heterocycles. The minimum absolute atomic E-state index is 0.0239. The molecule has 1 aromatic carbocycles. The number of carboxylic acid groups (broad SMARTS) is 1. The topological polar surface area (TPSA) is 63.6 Å². The number of esters is 1. The van der Waals surface area contributed by atoms with Gasteiger partial charge in [0.2, 0.25) is 0 Å². The highest BCUT2D eigenvalue weighted by Crippen LogP contribution is 2.21. The first-order valence-corrected chi connectivity index (χ1v) is 7.11. The molecule has 0 fully saturated rings. The molecule has 0 bridgehead atoms. The van der Waals surface area contributed by atoms with Crippen molar-refractivity contribution in [2.75, 3.05) is 0 Å². The van der Waals surface area contributed by atoms with E-state index < -0.39 is 17.5 Å². The van der Waals surface area contributed by atoms with Gasteiger partial charge in [0, 0.05) is 3.57 Å². The van der Waals surface area contributed by atoms with Crippen molar-refractivity contribution in [1.29, 1.82) is 0 Å². The zero-order valence-electron chi connectivity index (χ0n) is 11.2. The summed E-state index contributed by atoms with van der Waals surface area (Å²) in [5.41, 5.74) is -0.522. The van der Waals surface area contributed by atoms with E-state index in [0.717, 1.165) is 16.4 Å². The van der Waals surface area contributed by atoms with E-state index in [0.29, 0.717) is 0 Å². The Balaban J connectivity index is 3.03. The highest BCUT2D eigenvalue weighted by atomic mass is 127. The minimum atomic E-state index is -1.13. The molecule has 0 saturated carbocycles. The number of benzene rings is 1. The lowest BCUT2D eigenvalue weighted by atomic mass is 10.0. The summed E-state index contributed by atoms with van der Waals surface area (Å²) in [7, 11) is 0. The SMILES string of the molecule is CCCC(C)(C)OC(=O)c1ccc(I)cc1C(=O)O. The van der Waals surface area contributed by atoms with Crippen molar-refractivity contribution in [3.8, 4) is 0 Å². The number of ether oxygens (including phenoxy) is 1. The highest BCUT2D eigenvalue weighted by molar-refractivity contribution is 14.1. The lowest BCUT2D eigenvalue weighted by Crippen LogP contribution is -2.28. The molecule has 1 N–H and O–H groups in total. The van der Waals surface area contributed by atoms with Gasteiger partial charge in [0.25, 0.3) is 0 Å². The summed E-state index contributed by atoms with van der Waals surface area (Å²) < 4.78 is 6.15. The van der Waals surface area contributed by atoms with E-state index in [9.17, 15) is 9.59 Å². The van der Waals surface area contributed by atoms with Gasteiger partial charge in [-0.25, -0.2) is 9.59 Å². The lowest BCUT2D eigenvalue weighted by Gasteiger charge is -2.24. The van der Waals surface area contributed by atoms with Crippen molar-refractivity contribution >= 4 is 34.5 Å². The Morgan fingerprint density at radius 3 is 2.47 bits per heavy atom. The summed E-state index contributed by atoms with van der Waals surface area (Å²) in [5.74, 6) is -1.72. The smallest absolute Gasteiger partial charge is 0.339 e. The summed E-state index contributed by atoms with van der Waals surface area (Å²) >= 11 is 2.01. The largest absolute Gasteiger partial charge is 0.478 e. The zero-order chi connectivity index (χ0) is 14.6. The molecule has 0 atom stereocenters. The third-order valence-electron chi connectivity index (χ3n) is 2.65. The van der Waals surface area contributed by atoms with Gasteiger partial charge in [-0.2, -0.15) is 0 Å². The lowest BCUT2D eigenvalue weighted by molar-refractivity contribution is -0.00501. The van der Waals surface area contributed by atoms with Gasteiger partial charge in [0.1, 0.15) is 5.60 Å². The van der Waals surface area contributed by atoms with E-state index in [2.05, 4.69) is 0 Å². The van der Waals surface area contributed by atoms with Crippen LogP contribution in [0.5, 0.6) is 0 Å². The Bertz CT molecular complexity index is 494. The van der Waals surface area contributed by atoms with Crippen LogP contribution in [-0.4, -0.2) is 22.6 Å². The van der Waals surface area contributed by atoms with Crippen LogP contribution in [0.4, 0.5) is 0 Å². The Kier molecular flexibility index (Phi) is 5.34. The van der Waals surface area contributed by atoms with E-state index in [4.69, 9.17) is 9.84 Å². The molecule has 0 amide bonds. The predicted molar refractivity (Wildman–Crippen MR) is 80.5 cm³/mol. The van der Waals surface area contributed by atoms with Crippen molar-refractivity contribution in [2.24, 2.45) is 0 Å². The van der Waals surface area contributed by atoms with Crippen molar-refractivity contribution in [3.63, 3.8) is 0 Å². The third-order valence-corrected chi connectivity index (χ3v) is 3.32. The molecule has 0 aliphatic rings. The van der Waals surface area contributed by atoms with Crippen molar-refractivity contribution < 1.29 is 19.4 Å². The van der Waals surface area contributed by atoms with E-state index in [1.807, 2.05) is 43.4 Å². The van der Waals surface area contributed by atoms with Crippen LogP contribution in [0.2, 0.25) is 0 Å². The monoisotopic (exact) mass is 376 g/mol. The summed E-state index contributed by atoms with van der Waals surface area (Å²) in [6.45, 7) is 5.65. The molecule has 0 aliphatic heterocycles. The Morgan fingerprint density at radius 2 is 1.95 bits per heavy atom. The number of aromatic carboxylic acids is 1. The van der Waals surface area contributed by atoms with Crippen LogP contribution >= 0.6 is 22.6 Å². The van der Waals surface area contributed by atoms with Crippen LogP contribution in [0, 0.1) is 3.57 Å². The summed E-state index contributed by atoms with van der Waals surface area (Å²) in [5, 5.41) is 9.13. The van der Waals surface area contributed by atoms with E-state index in [-0.39, 0.29) is 11.1 Å². The van der Waals surface area contributed by atoms with Gasteiger partial charge < -0.3 is 9.84 Å². The molecule has 4 nitrogen and oxygen atoms in total. The fraction of sp³-hybridized carbons (Fsp3) is 0.429. The Labute approximate surface area is 126 Å². The van der Waals surface area contributed by atoms with Gasteiger partial charge in [-0.05, 0) is 61.1 Å². The van der Waals surface area contributed by atoms with Crippen LogP contribution in [-0.2, 0) is 4.74 Å². The van der Waals surface area contributed by atoms with Gasteiger partial charge >= 0.3 is 11.9 Å². The fourth-order valence-electron chi connectivity index (χ4n) is 1.83. The highest BCUT2D eigenvalue weighted by Gasteiger charge is 2.25. The summed E-state index contributed by atoms with van der Waals surface area (Å²) in [6, 6.07) is 4.65. The first kappa shape index (κ1) is 15.9. The van der Waals surface area contributed by atoms with Crippen molar-refractivity contribution in [3.05, 3.63) is 32.9 Å². The number of hydrogen-bond donors (Lipinski definition) is 1. The molecule has 0 unspecified atom stereocenters. The number of rotatable bonds is 5. The number of hydrogen-bond acceptors (Lipinski definition) is 3. The maximum Gasteiger partial charge on any atom is 0.339 e. The normalized spacial score (nSPS) is 11.2. The Morgan fingerprint density at radius 1 is 1.32 bits per heavy atom. The number of carbonyl (C=O) groups is 2. The number of carbonyl (C=O) groups excluding carboxylic acids is 1. The molecule has 0 aliphatic carbocycles. The van der Waals surface area contributed by atoms with Gasteiger partial charge in [-0.15, -0.1) is 0 Å². The minimum Gasteiger partial charge on any atom is -0.478 e. The summed E-state index contributed by atoms with van der Waals surface area (Å²) in [6.07, 6.45) is 1.62. The predicted octanol–water partition coefficient (Wildman–Crippen LogP) is 3.72. The number of halogens is 1. The fourth-order valence-corrected chi connectivity index (χ4v) is 2.32. The number of carboxylic acids is 1. The molecule has 0 radical (unpaired) electrons. The molecule has 0 heterocycles. The van der Waals surface area contributed by atoms with E-state index in [1.54, 1.807) is 6.07 Å². The van der Waals surface area contributed by atoms with Gasteiger partial charge in [-0.3, -0.25) is 0 Å². The molecular formula is C14H17IO4. The van der Waals surface area contributed by atoms with Crippen LogP contribution in [0.1, 0.15) is 54.3 Å². The molecule has 0 spiro atoms. The molecular weight excluding hydrogens is 359 g/mol.